The van der Waals surface area contributed by atoms with Crippen LogP contribution >= 0.6 is 0 Å². The number of fused-ring (bicyclic) bond motifs is 1. The maximum atomic E-state index is 13.9. The SMILES string of the molecule is COc1cccc(N2C(=O)[C@@H]3C[C@@H](NS(=O)(=O)c4ccc(F)cc4F)CCN3C2=O)c1. The number of hydrogen-bond acceptors (Lipinski definition) is 5. The van der Waals surface area contributed by atoms with Gasteiger partial charge in [0.05, 0.1) is 12.8 Å². The van der Waals surface area contributed by atoms with E-state index in [-0.39, 0.29) is 19.4 Å². The van der Waals surface area contributed by atoms with Gasteiger partial charge in [-0.25, -0.2) is 31.6 Å². The van der Waals surface area contributed by atoms with E-state index < -0.39 is 50.6 Å². The summed E-state index contributed by atoms with van der Waals surface area (Å²) in [6, 6.07) is 6.65. The third-order valence-electron chi connectivity index (χ3n) is 5.36. The average Bonchev–Trinajstić information content (AvgIpc) is 2.97. The molecule has 31 heavy (non-hydrogen) atoms. The molecule has 164 valence electrons. The number of rotatable bonds is 5. The molecule has 8 nitrogen and oxygen atoms in total. The van der Waals surface area contributed by atoms with Gasteiger partial charge in [-0.15, -0.1) is 0 Å². The highest BCUT2D eigenvalue weighted by atomic mass is 32.2. The summed E-state index contributed by atoms with van der Waals surface area (Å²) >= 11 is 0. The lowest BCUT2D eigenvalue weighted by atomic mass is 9.99. The molecule has 2 atom stereocenters. The van der Waals surface area contributed by atoms with Gasteiger partial charge in [0, 0.05) is 24.7 Å². The molecule has 0 bridgehead atoms. The Hall–Kier alpha value is -3.05. The molecule has 0 unspecified atom stereocenters. The van der Waals surface area contributed by atoms with Crippen LogP contribution in [0.5, 0.6) is 5.75 Å². The third kappa shape index (κ3) is 3.86. The number of imide groups is 1. The molecule has 2 aliphatic rings. The predicted molar refractivity (Wildman–Crippen MR) is 106 cm³/mol. The molecule has 3 amide bonds. The molecule has 0 aliphatic carbocycles. The first-order chi connectivity index (χ1) is 14.7. The van der Waals surface area contributed by atoms with Crippen molar-refractivity contribution in [3.63, 3.8) is 0 Å². The van der Waals surface area contributed by atoms with Crippen LogP contribution in [0.3, 0.4) is 0 Å². The Bertz CT molecular complexity index is 1160. The molecule has 2 fully saturated rings. The van der Waals surface area contributed by atoms with Gasteiger partial charge < -0.3 is 9.64 Å². The number of carbonyl (C=O) groups excluding carboxylic acids is 2. The number of methoxy groups -OCH3 is 1. The number of sulfonamides is 1. The van der Waals surface area contributed by atoms with Gasteiger partial charge in [-0.1, -0.05) is 6.07 Å². The summed E-state index contributed by atoms with van der Waals surface area (Å²) in [4.78, 5) is 27.5. The van der Waals surface area contributed by atoms with Crippen LogP contribution in [0.1, 0.15) is 12.8 Å². The summed E-state index contributed by atoms with van der Waals surface area (Å²) in [7, 11) is -2.81. The molecule has 1 N–H and O–H groups in total. The number of anilines is 1. The number of urea groups is 1. The Morgan fingerprint density at radius 2 is 1.90 bits per heavy atom. The van der Waals surface area contributed by atoms with Crippen molar-refractivity contribution in [1.29, 1.82) is 0 Å². The van der Waals surface area contributed by atoms with Gasteiger partial charge in [0.1, 0.15) is 28.3 Å². The van der Waals surface area contributed by atoms with Gasteiger partial charge in [0.2, 0.25) is 10.0 Å². The maximum Gasteiger partial charge on any atom is 0.332 e. The van der Waals surface area contributed by atoms with Gasteiger partial charge in [-0.2, -0.15) is 0 Å². The molecule has 0 aromatic heterocycles. The highest BCUT2D eigenvalue weighted by Crippen LogP contribution is 2.32. The summed E-state index contributed by atoms with van der Waals surface area (Å²) in [5.41, 5.74) is 0.356. The van der Waals surface area contributed by atoms with Gasteiger partial charge in [0.15, 0.2) is 0 Å². The van der Waals surface area contributed by atoms with Gasteiger partial charge in [-0.3, -0.25) is 4.79 Å². The lowest BCUT2D eigenvalue weighted by molar-refractivity contribution is -0.120. The second kappa shape index (κ2) is 7.89. The normalized spacial score (nSPS) is 21.4. The Kier molecular flexibility index (Phi) is 5.40. The second-order valence-corrected chi connectivity index (χ2v) is 8.97. The maximum absolute atomic E-state index is 13.9. The largest absolute Gasteiger partial charge is 0.497 e. The van der Waals surface area contributed by atoms with Crippen LogP contribution in [0.25, 0.3) is 0 Å². The number of hydrogen-bond donors (Lipinski definition) is 1. The highest BCUT2D eigenvalue weighted by molar-refractivity contribution is 7.89. The van der Waals surface area contributed by atoms with Crippen molar-refractivity contribution in [3.05, 3.63) is 54.1 Å². The number of carbonyl (C=O) groups is 2. The van der Waals surface area contributed by atoms with Gasteiger partial charge in [0.25, 0.3) is 5.91 Å². The minimum atomic E-state index is -4.28. The number of nitrogens with zero attached hydrogens (tertiary/aromatic N) is 2. The van der Waals surface area contributed by atoms with Crippen molar-refractivity contribution in [3.8, 4) is 5.75 Å². The molecule has 2 aromatic rings. The Labute approximate surface area is 177 Å². The molecule has 0 saturated carbocycles. The van der Waals surface area contributed by atoms with Crippen LogP contribution < -0.4 is 14.4 Å². The Balaban J connectivity index is 1.53. The van der Waals surface area contributed by atoms with E-state index in [1.807, 2.05) is 0 Å². The topological polar surface area (TPSA) is 96.0 Å². The van der Waals surface area contributed by atoms with Crippen LogP contribution in [-0.2, 0) is 14.8 Å². The quantitative estimate of drug-likeness (QED) is 0.704. The summed E-state index contributed by atoms with van der Waals surface area (Å²) in [5, 5.41) is 0. The van der Waals surface area contributed by atoms with E-state index >= 15 is 0 Å². The zero-order valence-corrected chi connectivity index (χ0v) is 17.2. The minimum Gasteiger partial charge on any atom is -0.497 e. The van der Waals surface area contributed by atoms with Crippen LogP contribution in [-0.4, -0.2) is 51.0 Å². The van der Waals surface area contributed by atoms with E-state index in [1.54, 1.807) is 24.3 Å². The average molecular weight is 451 g/mol. The first-order valence-electron chi connectivity index (χ1n) is 9.47. The van der Waals surface area contributed by atoms with Crippen molar-refractivity contribution in [2.45, 2.75) is 29.8 Å². The van der Waals surface area contributed by atoms with Crippen molar-refractivity contribution in [1.82, 2.24) is 9.62 Å². The van der Waals surface area contributed by atoms with Crippen LogP contribution in [0.15, 0.2) is 47.4 Å². The minimum absolute atomic E-state index is 0.0348. The summed E-state index contributed by atoms with van der Waals surface area (Å²) < 4.78 is 59.7. The van der Waals surface area contributed by atoms with E-state index in [0.717, 1.165) is 17.0 Å². The van der Waals surface area contributed by atoms with E-state index in [4.69, 9.17) is 4.74 Å². The lowest BCUT2D eigenvalue weighted by Crippen LogP contribution is -2.49. The molecule has 0 spiro atoms. The number of halogens is 2. The summed E-state index contributed by atoms with van der Waals surface area (Å²) in [6.45, 7) is 0.148. The van der Waals surface area contributed by atoms with Crippen LogP contribution in [0.4, 0.5) is 19.3 Å². The van der Waals surface area contributed by atoms with Gasteiger partial charge >= 0.3 is 6.03 Å². The molecule has 2 saturated heterocycles. The molecule has 0 radical (unpaired) electrons. The van der Waals surface area contributed by atoms with Crippen LogP contribution in [0, 0.1) is 11.6 Å². The fourth-order valence-corrected chi connectivity index (χ4v) is 5.21. The zero-order chi connectivity index (χ0) is 22.3. The smallest absolute Gasteiger partial charge is 0.332 e. The summed E-state index contributed by atoms with van der Waals surface area (Å²) in [5.74, 6) is -2.09. The van der Waals surface area contributed by atoms with E-state index in [2.05, 4.69) is 4.72 Å². The molecule has 2 heterocycles. The lowest BCUT2D eigenvalue weighted by Gasteiger charge is -2.32. The monoisotopic (exact) mass is 451 g/mol. The number of nitrogens with one attached hydrogen (secondary N) is 1. The van der Waals surface area contributed by atoms with E-state index in [1.165, 1.54) is 12.0 Å². The van der Waals surface area contributed by atoms with E-state index in [9.17, 15) is 26.8 Å². The molecular weight excluding hydrogens is 432 g/mol. The van der Waals surface area contributed by atoms with Crippen molar-refractivity contribution >= 4 is 27.6 Å². The number of amides is 3. The van der Waals surface area contributed by atoms with E-state index in [0.29, 0.717) is 17.5 Å². The van der Waals surface area contributed by atoms with Crippen molar-refractivity contribution < 1.29 is 31.5 Å². The Morgan fingerprint density at radius 3 is 2.61 bits per heavy atom. The fourth-order valence-electron chi connectivity index (χ4n) is 3.87. The molecular formula is C20H19F2N3O5S. The van der Waals surface area contributed by atoms with Crippen LogP contribution in [0.2, 0.25) is 0 Å². The third-order valence-corrected chi connectivity index (χ3v) is 6.92. The first-order valence-corrected chi connectivity index (χ1v) is 11.0. The molecule has 2 aliphatic heterocycles. The van der Waals surface area contributed by atoms with Gasteiger partial charge in [-0.05, 0) is 37.1 Å². The molecule has 2 aromatic carbocycles. The number of ether oxygens (including phenoxy) is 1. The fraction of sp³-hybridized carbons (Fsp3) is 0.300. The number of piperidine rings is 1. The Morgan fingerprint density at radius 1 is 1.13 bits per heavy atom. The zero-order valence-electron chi connectivity index (χ0n) is 16.4. The predicted octanol–water partition coefficient (Wildman–Crippen LogP) is 2.25. The first kappa shape index (κ1) is 21.2. The standard InChI is InChI=1S/C20H19F2N3O5S/c1-30-15-4-2-3-14(11-15)25-19(26)17-10-13(7-8-24(17)20(25)27)23-31(28,29)18-6-5-12(21)9-16(18)22/h2-6,9,11,13,17,23H,7-8,10H2,1H3/t13-,17-/m0/s1. The molecule has 4 rings (SSSR count). The van der Waals surface area contributed by atoms with Crippen molar-refractivity contribution in [2.75, 3.05) is 18.6 Å². The second-order valence-electron chi connectivity index (χ2n) is 7.28. The number of benzene rings is 2. The summed E-state index contributed by atoms with van der Waals surface area (Å²) in [6.07, 6.45) is 0.274. The highest BCUT2D eigenvalue weighted by Gasteiger charge is 2.49. The molecule has 11 heteroatoms. The van der Waals surface area contributed by atoms with Crippen molar-refractivity contribution in [2.24, 2.45) is 0 Å².